The molecule has 0 bridgehead atoms. The summed E-state index contributed by atoms with van der Waals surface area (Å²) >= 11 is 0. The number of likely N-dealkylation sites (tertiary alicyclic amines) is 1. The number of fused-ring (bicyclic) bond motifs is 1. The Hall–Kier alpha value is -2.37. The summed E-state index contributed by atoms with van der Waals surface area (Å²) in [6.45, 7) is 0.884. The first-order valence-electron chi connectivity index (χ1n) is 6.13. The average molecular weight is 258 g/mol. The van der Waals surface area contributed by atoms with Crippen LogP contribution in [0, 0.1) is 5.92 Å². The third-order valence-electron chi connectivity index (χ3n) is 3.51. The molecule has 2 aromatic heterocycles. The number of nitrogens with one attached hydrogen (secondary N) is 1. The van der Waals surface area contributed by atoms with E-state index in [0.29, 0.717) is 13.1 Å². The van der Waals surface area contributed by atoms with Gasteiger partial charge in [-0.3, -0.25) is 9.59 Å². The highest BCUT2D eigenvalue weighted by molar-refractivity contribution is 5.89. The first-order valence-corrected chi connectivity index (χ1v) is 6.13. The SMILES string of the molecule is NC(=O)C1CC(=O)N(Cc2c[nH]c3ncccc23)C1. The maximum absolute atomic E-state index is 11.8. The largest absolute Gasteiger partial charge is 0.369 e. The number of aromatic nitrogens is 2. The lowest BCUT2D eigenvalue weighted by atomic mass is 10.1. The van der Waals surface area contributed by atoms with Crippen molar-refractivity contribution in [1.29, 1.82) is 0 Å². The molecule has 19 heavy (non-hydrogen) atoms. The van der Waals surface area contributed by atoms with Crippen LogP contribution in [0.2, 0.25) is 0 Å². The quantitative estimate of drug-likeness (QED) is 0.834. The van der Waals surface area contributed by atoms with Crippen LogP contribution in [0.25, 0.3) is 11.0 Å². The van der Waals surface area contributed by atoms with Gasteiger partial charge >= 0.3 is 0 Å². The molecule has 1 saturated heterocycles. The van der Waals surface area contributed by atoms with E-state index in [1.165, 1.54) is 0 Å². The summed E-state index contributed by atoms with van der Waals surface area (Å²) in [7, 11) is 0. The molecule has 6 nitrogen and oxygen atoms in total. The Balaban J connectivity index is 1.82. The second-order valence-electron chi connectivity index (χ2n) is 4.79. The molecule has 3 rings (SSSR count). The lowest BCUT2D eigenvalue weighted by Gasteiger charge is -2.15. The van der Waals surface area contributed by atoms with E-state index >= 15 is 0 Å². The number of H-pyrrole nitrogens is 1. The highest BCUT2D eigenvalue weighted by Gasteiger charge is 2.33. The fraction of sp³-hybridized carbons (Fsp3) is 0.308. The van der Waals surface area contributed by atoms with Gasteiger partial charge in [0, 0.05) is 37.3 Å². The molecule has 0 spiro atoms. The lowest BCUT2D eigenvalue weighted by Crippen LogP contribution is -2.28. The van der Waals surface area contributed by atoms with Crippen molar-refractivity contribution in [2.45, 2.75) is 13.0 Å². The zero-order chi connectivity index (χ0) is 13.4. The van der Waals surface area contributed by atoms with Crippen LogP contribution in [0.5, 0.6) is 0 Å². The summed E-state index contributed by atoms with van der Waals surface area (Å²) in [5.41, 5.74) is 7.06. The molecule has 2 aromatic rings. The molecule has 1 aliphatic heterocycles. The number of carbonyl (C=O) groups is 2. The molecule has 0 aliphatic carbocycles. The van der Waals surface area contributed by atoms with Crippen LogP contribution in [-0.2, 0) is 16.1 Å². The van der Waals surface area contributed by atoms with E-state index in [1.54, 1.807) is 11.1 Å². The number of rotatable bonds is 3. The van der Waals surface area contributed by atoms with Crippen LogP contribution in [-0.4, -0.2) is 33.2 Å². The van der Waals surface area contributed by atoms with E-state index in [0.717, 1.165) is 16.6 Å². The Morgan fingerprint density at radius 1 is 1.58 bits per heavy atom. The Morgan fingerprint density at radius 2 is 2.42 bits per heavy atom. The molecule has 0 saturated carbocycles. The smallest absolute Gasteiger partial charge is 0.223 e. The lowest BCUT2D eigenvalue weighted by molar-refractivity contribution is -0.128. The number of aromatic amines is 1. The van der Waals surface area contributed by atoms with Gasteiger partial charge in [0.1, 0.15) is 5.65 Å². The van der Waals surface area contributed by atoms with Gasteiger partial charge in [-0.2, -0.15) is 0 Å². The van der Waals surface area contributed by atoms with Crippen molar-refractivity contribution < 1.29 is 9.59 Å². The molecule has 3 N–H and O–H groups in total. The summed E-state index contributed by atoms with van der Waals surface area (Å²) in [5.74, 6) is -0.797. The van der Waals surface area contributed by atoms with Crippen LogP contribution in [0.1, 0.15) is 12.0 Å². The van der Waals surface area contributed by atoms with Crippen LogP contribution in [0.15, 0.2) is 24.5 Å². The maximum atomic E-state index is 11.8. The molecule has 1 atom stereocenters. The van der Waals surface area contributed by atoms with Gasteiger partial charge in [-0.05, 0) is 17.7 Å². The van der Waals surface area contributed by atoms with Gasteiger partial charge in [0.05, 0.1) is 5.92 Å². The molecule has 0 aromatic carbocycles. The molecule has 6 heteroatoms. The zero-order valence-electron chi connectivity index (χ0n) is 10.3. The Bertz CT molecular complexity index is 649. The fourth-order valence-corrected chi connectivity index (χ4v) is 2.46. The molecule has 3 heterocycles. The van der Waals surface area contributed by atoms with Crippen molar-refractivity contribution in [3.05, 3.63) is 30.1 Å². The minimum Gasteiger partial charge on any atom is -0.369 e. The van der Waals surface area contributed by atoms with E-state index in [-0.39, 0.29) is 18.2 Å². The summed E-state index contributed by atoms with van der Waals surface area (Å²) in [5, 5.41) is 0.998. The van der Waals surface area contributed by atoms with Gasteiger partial charge in [-0.25, -0.2) is 4.98 Å². The number of pyridine rings is 1. The predicted molar refractivity (Wildman–Crippen MR) is 68.8 cm³/mol. The molecule has 98 valence electrons. The number of hydrogen-bond acceptors (Lipinski definition) is 3. The topological polar surface area (TPSA) is 92.1 Å². The van der Waals surface area contributed by atoms with Crippen LogP contribution >= 0.6 is 0 Å². The van der Waals surface area contributed by atoms with Crippen LogP contribution < -0.4 is 5.73 Å². The van der Waals surface area contributed by atoms with Crippen molar-refractivity contribution >= 4 is 22.8 Å². The normalized spacial score (nSPS) is 19.3. The van der Waals surface area contributed by atoms with Crippen molar-refractivity contribution in [1.82, 2.24) is 14.9 Å². The number of amides is 2. The number of carbonyl (C=O) groups excluding carboxylic acids is 2. The third-order valence-corrected chi connectivity index (χ3v) is 3.51. The number of hydrogen-bond donors (Lipinski definition) is 2. The Labute approximate surface area is 109 Å². The summed E-state index contributed by atoms with van der Waals surface area (Å²) in [6.07, 6.45) is 3.78. The summed E-state index contributed by atoms with van der Waals surface area (Å²) < 4.78 is 0. The van der Waals surface area contributed by atoms with Gasteiger partial charge in [0.2, 0.25) is 11.8 Å². The van der Waals surface area contributed by atoms with E-state index in [2.05, 4.69) is 9.97 Å². The van der Waals surface area contributed by atoms with E-state index in [4.69, 9.17) is 5.73 Å². The fourth-order valence-electron chi connectivity index (χ4n) is 2.46. The molecule has 1 fully saturated rings. The van der Waals surface area contributed by atoms with Gasteiger partial charge in [0.15, 0.2) is 0 Å². The van der Waals surface area contributed by atoms with Gasteiger partial charge < -0.3 is 15.6 Å². The maximum Gasteiger partial charge on any atom is 0.223 e. The van der Waals surface area contributed by atoms with E-state index in [1.807, 2.05) is 18.3 Å². The van der Waals surface area contributed by atoms with E-state index < -0.39 is 5.91 Å². The Kier molecular flexibility index (Phi) is 2.70. The second-order valence-corrected chi connectivity index (χ2v) is 4.79. The van der Waals surface area contributed by atoms with Crippen molar-refractivity contribution in [2.24, 2.45) is 11.7 Å². The molecule has 0 radical (unpaired) electrons. The van der Waals surface area contributed by atoms with E-state index in [9.17, 15) is 9.59 Å². The van der Waals surface area contributed by atoms with Crippen molar-refractivity contribution in [2.75, 3.05) is 6.54 Å². The number of nitrogens with zero attached hydrogens (tertiary/aromatic N) is 2. The predicted octanol–water partition coefficient (Wildman–Crippen LogP) is 0.397. The number of nitrogens with two attached hydrogens (primary N) is 1. The molecule has 1 unspecified atom stereocenters. The zero-order valence-corrected chi connectivity index (χ0v) is 10.3. The first kappa shape index (κ1) is 11.7. The minimum atomic E-state index is -0.406. The standard InChI is InChI=1S/C13H14N4O2/c14-12(19)8-4-11(18)17(6-8)7-9-5-16-13-10(9)2-1-3-15-13/h1-3,5,8H,4,6-7H2,(H2,14,19)(H,15,16). The van der Waals surface area contributed by atoms with Gasteiger partial charge in [-0.1, -0.05) is 0 Å². The molecular weight excluding hydrogens is 244 g/mol. The molecule has 2 amide bonds. The summed E-state index contributed by atoms with van der Waals surface area (Å²) in [4.78, 5) is 31.9. The average Bonchev–Trinajstić information content (AvgIpc) is 2.96. The first-order chi connectivity index (χ1) is 9.15. The highest BCUT2D eigenvalue weighted by atomic mass is 16.2. The summed E-state index contributed by atoms with van der Waals surface area (Å²) in [6, 6.07) is 3.82. The highest BCUT2D eigenvalue weighted by Crippen LogP contribution is 2.23. The minimum absolute atomic E-state index is 0.0259. The van der Waals surface area contributed by atoms with Gasteiger partial charge in [-0.15, -0.1) is 0 Å². The Morgan fingerprint density at radius 3 is 3.16 bits per heavy atom. The van der Waals surface area contributed by atoms with Gasteiger partial charge in [0.25, 0.3) is 0 Å². The second kappa shape index (κ2) is 4.38. The molecular formula is C13H14N4O2. The number of primary amides is 1. The third kappa shape index (κ3) is 2.05. The van der Waals surface area contributed by atoms with Crippen LogP contribution in [0.4, 0.5) is 0 Å². The van der Waals surface area contributed by atoms with Crippen molar-refractivity contribution in [3.8, 4) is 0 Å². The van der Waals surface area contributed by atoms with Crippen LogP contribution in [0.3, 0.4) is 0 Å². The van der Waals surface area contributed by atoms with Crippen molar-refractivity contribution in [3.63, 3.8) is 0 Å². The monoisotopic (exact) mass is 258 g/mol. The molecule has 1 aliphatic rings.